The molecule has 0 amide bonds. The Kier molecular flexibility index (Phi) is 8.30. The highest BCUT2D eigenvalue weighted by atomic mass is 19.1. The minimum Gasteiger partial charge on any atom is -0.195 e. The molecule has 3 heteroatoms. The number of rotatable bonds is 7. The molecule has 0 aromatic heterocycles. The maximum Gasteiger partial charge on any atom is 0.196 e. The highest BCUT2D eigenvalue weighted by molar-refractivity contribution is 5.33. The second kappa shape index (κ2) is 11.2. The average molecular weight is 393 g/mol. The van der Waals surface area contributed by atoms with Crippen molar-refractivity contribution in [3.63, 3.8) is 0 Å². The lowest BCUT2D eigenvalue weighted by molar-refractivity contribution is 0.225. The summed E-state index contributed by atoms with van der Waals surface area (Å²) in [5.74, 6) is 2.54. The first-order valence-electron chi connectivity index (χ1n) is 11.4. The fourth-order valence-electron chi connectivity index (χ4n) is 5.39. The SMILES string of the molecule is N#CC(F)=CCCC1CCC(CCC2CCC(c3ccc(C#N)cc3)CC2)CC1. The van der Waals surface area contributed by atoms with E-state index >= 15 is 0 Å². The van der Waals surface area contributed by atoms with Gasteiger partial charge in [-0.1, -0.05) is 50.7 Å². The standard InChI is InChI=1S/C26H33FN2/c27-26(19-29)3-1-2-20-4-6-21(7-5-20)8-9-22-10-14-24(15-11-22)25-16-12-23(18-28)13-17-25/h3,12-13,16-17,20-22,24H,1-2,4-11,14-15H2. The summed E-state index contributed by atoms with van der Waals surface area (Å²) in [4.78, 5) is 0. The van der Waals surface area contributed by atoms with Crippen LogP contribution in [0.3, 0.4) is 0 Å². The quantitative estimate of drug-likeness (QED) is 0.449. The van der Waals surface area contributed by atoms with Gasteiger partial charge < -0.3 is 0 Å². The summed E-state index contributed by atoms with van der Waals surface area (Å²) in [6.45, 7) is 0. The summed E-state index contributed by atoms with van der Waals surface area (Å²) < 4.78 is 12.9. The van der Waals surface area contributed by atoms with Gasteiger partial charge in [-0.05, 0) is 86.0 Å². The van der Waals surface area contributed by atoms with E-state index in [0.29, 0.717) is 12.3 Å². The summed E-state index contributed by atoms with van der Waals surface area (Å²) >= 11 is 0. The van der Waals surface area contributed by atoms with Gasteiger partial charge >= 0.3 is 0 Å². The van der Waals surface area contributed by atoms with Crippen molar-refractivity contribution in [2.75, 3.05) is 0 Å². The van der Waals surface area contributed by atoms with Crippen molar-refractivity contribution in [3.05, 3.63) is 47.3 Å². The van der Waals surface area contributed by atoms with Crippen molar-refractivity contribution in [2.24, 2.45) is 17.8 Å². The van der Waals surface area contributed by atoms with Gasteiger partial charge in [-0.25, -0.2) is 0 Å². The minimum atomic E-state index is -0.632. The first kappa shape index (κ1) is 21.6. The van der Waals surface area contributed by atoms with E-state index in [1.165, 1.54) is 75.8 Å². The zero-order chi connectivity index (χ0) is 20.5. The van der Waals surface area contributed by atoms with Crippen molar-refractivity contribution < 1.29 is 4.39 Å². The van der Waals surface area contributed by atoms with Crippen molar-refractivity contribution in [1.82, 2.24) is 0 Å². The molecule has 0 radical (unpaired) electrons. The Morgan fingerprint density at radius 2 is 1.34 bits per heavy atom. The van der Waals surface area contributed by atoms with E-state index in [4.69, 9.17) is 10.5 Å². The van der Waals surface area contributed by atoms with Crippen LogP contribution in [-0.4, -0.2) is 0 Å². The third-order valence-electron chi connectivity index (χ3n) is 7.31. The van der Waals surface area contributed by atoms with Crippen LogP contribution in [0, 0.1) is 40.4 Å². The monoisotopic (exact) mass is 392 g/mol. The van der Waals surface area contributed by atoms with Gasteiger partial charge in [0.05, 0.1) is 11.6 Å². The smallest absolute Gasteiger partial charge is 0.195 e. The Morgan fingerprint density at radius 3 is 1.86 bits per heavy atom. The number of allylic oxidation sites excluding steroid dienone is 2. The van der Waals surface area contributed by atoms with Gasteiger partial charge in [-0.15, -0.1) is 0 Å². The fraction of sp³-hybridized carbons (Fsp3) is 0.615. The lowest BCUT2D eigenvalue weighted by atomic mass is 9.74. The molecule has 0 atom stereocenters. The van der Waals surface area contributed by atoms with Gasteiger partial charge in [0.1, 0.15) is 6.07 Å². The zero-order valence-electron chi connectivity index (χ0n) is 17.5. The van der Waals surface area contributed by atoms with Crippen molar-refractivity contribution >= 4 is 0 Å². The molecule has 0 N–H and O–H groups in total. The molecule has 154 valence electrons. The molecule has 0 heterocycles. The van der Waals surface area contributed by atoms with Crippen LogP contribution in [0.1, 0.15) is 94.1 Å². The molecule has 2 nitrogen and oxygen atoms in total. The third-order valence-corrected chi connectivity index (χ3v) is 7.31. The van der Waals surface area contributed by atoms with Crippen LogP contribution in [0.15, 0.2) is 36.2 Å². The molecule has 0 bridgehead atoms. The Morgan fingerprint density at radius 1 is 0.828 bits per heavy atom. The van der Waals surface area contributed by atoms with E-state index in [0.717, 1.165) is 29.7 Å². The van der Waals surface area contributed by atoms with E-state index in [-0.39, 0.29) is 0 Å². The molecule has 29 heavy (non-hydrogen) atoms. The summed E-state index contributed by atoms with van der Waals surface area (Å²) in [6, 6.07) is 12.0. The zero-order valence-corrected chi connectivity index (χ0v) is 17.5. The maximum atomic E-state index is 12.9. The lowest BCUT2D eigenvalue weighted by Gasteiger charge is -2.32. The van der Waals surface area contributed by atoms with Gasteiger partial charge in [0.2, 0.25) is 0 Å². The summed E-state index contributed by atoms with van der Waals surface area (Å²) in [6.07, 6.45) is 16.4. The van der Waals surface area contributed by atoms with E-state index in [1.54, 1.807) is 6.07 Å². The maximum absolute atomic E-state index is 12.9. The molecule has 3 rings (SSSR count). The molecule has 2 fully saturated rings. The van der Waals surface area contributed by atoms with Crippen LogP contribution in [0.25, 0.3) is 0 Å². The highest BCUT2D eigenvalue weighted by Crippen LogP contribution is 2.40. The molecule has 1 aromatic rings. The molecule has 0 saturated heterocycles. The first-order chi connectivity index (χ1) is 14.2. The molecule has 2 aliphatic rings. The number of nitrogens with zero attached hydrogens (tertiary/aromatic N) is 2. The van der Waals surface area contributed by atoms with E-state index in [2.05, 4.69) is 18.2 Å². The number of nitriles is 2. The number of halogens is 1. The fourth-order valence-corrected chi connectivity index (χ4v) is 5.39. The second-order valence-electron chi connectivity index (χ2n) is 9.16. The first-order valence-corrected chi connectivity index (χ1v) is 11.4. The predicted molar refractivity (Wildman–Crippen MR) is 115 cm³/mol. The molecule has 0 unspecified atom stereocenters. The number of hydrogen-bond donors (Lipinski definition) is 0. The molecule has 0 spiro atoms. The van der Waals surface area contributed by atoms with Crippen LogP contribution in [0.5, 0.6) is 0 Å². The van der Waals surface area contributed by atoms with Gasteiger partial charge in [-0.2, -0.15) is 14.9 Å². The Balaban J connectivity index is 1.31. The summed E-state index contributed by atoms with van der Waals surface area (Å²) in [7, 11) is 0. The van der Waals surface area contributed by atoms with Gasteiger partial charge in [0, 0.05) is 0 Å². The van der Waals surface area contributed by atoms with E-state index in [9.17, 15) is 4.39 Å². The topological polar surface area (TPSA) is 47.6 Å². The van der Waals surface area contributed by atoms with Crippen molar-refractivity contribution in [3.8, 4) is 12.1 Å². The van der Waals surface area contributed by atoms with Gasteiger partial charge in [-0.3, -0.25) is 0 Å². The van der Waals surface area contributed by atoms with E-state index in [1.807, 2.05) is 12.1 Å². The second-order valence-corrected chi connectivity index (χ2v) is 9.16. The average Bonchev–Trinajstić information content (AvgIpc) is 2.79. The molecule has 2 aliphatic carbocycles. The Hall–Kier alpha value is -2.13. The van der Waals surface area contributed by atoms with Crippen LogP contribution in [0.4, 0.5) is 4.39 Å². The lowest BCUT2D eigenvalue weighted by Crippen LogP contribution is -2.17. The molecule has 2 saturated carbocycles. The van der Waals surface area contributed by atoms with Gasteiger partial charge in [0.15, 0.2) is 5.83 Å². The third kappa shape index (κ3) is 6.71. The molecule has 1 aromatic carbocycles. The predicted octanol–water partition coefficient (Wildman–Crippen LogP) is 7.58. The van der Waals surface area contributed by atoms with Crippen molar-refractivity contribution in [1.29, 1.82) is 10.5 Å². The summed E-state index contributed by atoms with van der Waals surface area (Å²) in [5, 5.41) is 17.4. The Bertz CT molecular complexity index is 736. The highest BCUT2D eigenvalue weighted by Gasteiger charge is 2.25. The minimum absolute atomic E-state index is 0.632. The Labute approximate surface area is 175 Å². The largest absolute Gasteiger partial charge is 0.196 e. The van der Waals surface area contributed by atoms with Crippen LogP contribution in [0.2, 0.25) is 0 Å². The van der Waals surface area contributed by atoms with Gasteiger partial charge in [0.25, 0.3) is 0 Å². The molecule has 0 aliphatic heterocycles. The summed E-state index contributed by atoms with van der Waals surface area (Å²) in [5.41, 5.74) is 2.16. The van der Waals surface area contributed by atoms with Crippen LogP contribution < -0.4 is 0 Å². The number of benzene rings is 1. The molecular weight excluding hydrogens is 359 g/mol. The molecular formula is C26H33FN2. The van der Waals surface area contributed by atoms with Crippen LogP contribution >= 0.6 is 0 Å². The van der Waals surface area contributed by atoms with Crippen molar-refractivity contribution in [2.45, 2.75) is 83.0 Å². The van der Waals surface area contributed by atoms with Crippen LogP contribution in [-0.2, 0) is 0 Å². The normalized spacial score (nSPS) is 27.8. The number of hydrogen-bond acceptors (Lipinski definition) is 2. The van der Waals surface area contributed by atoms with E-state index < -0.39 is 5.83 Å².